The fraction of sp³-hybridized carbons (Fsp3) is 0.400. The highest BCUT2D eigenvalue weighted by Crippen LogP contribution is 2.49. The molecule has 0 aromatic heterocycles. The van der Waals surface area contributed by atoms with Gasteiger partial charge >= 0.3 is 6.41 Å². The van der Waals surface area contributed by atoms with E-state index in [4.69, 9.17) is 18.9 Å². The lowest BCUT2D eigenvalue weighted by atomic mass is 10.2. The van der Waals surface area contributed by atoms with Crippen molar-refractivity contribution in [2.75, 3.05) is 26.4 Å². The summed E-state index contributed by atoms with van der Waals surface area (Å²) in [5.41, 5.74) is 0.397. The summed E-state index contributed by atoms with van der Waals surface area (Å²) < 4.78 is 20.6. The maximum Gasteiger partial charge on any atom is 0.306 e. The van der Waals surface area contributed by atoms with Crippen LogP contribution in [0, 0.1) is 0 Å². The highest BCUT2D eigenvalue weighted by atomic mass is 16.8. The Labute approximate surface area is 92.8 Å². The van der Waals surface area contributed by atoms with Crippen LogP contribution in [0.5, 0.6) is 17.2 Å². The number of hydrogen-bond donors (Lipinski definition) is 1. The molecule has 6 heteroatoms. The molecule has 0 fully saturated rings. The van der Waals surface area contributed by atoms with Crippen molar-refractivity contribution in [1.29, 1.82) is 0 Å². The van der Waals surface area contributed by atoms with Crippen molar-refractivity contribution >= 4 is 5.69 Å². The Kier molecular flexibility index (Phi) is 2.76. The predicted octanol–water partition coefficient (Wildman–Crippen LogP) is 1.22. The van der Waals surface area contributed by atoms with E-state index in [0.29, 0.717) is 22.9 Å². The number of nitrogens with zero attached hydrogens (tertiary/aromatic N) is 1. The van der Waals surface area contributed by atoms with Gasteiger partial charge in [0.1, 0.15) is 5.75 Å². The molecular weight excluding hydrogens is 214 g/mol. The van der Waals surface area contributed by atoms with Crippen molar-refractivity contribution in [1.82, 2.24) is 0 Å². The Bertz CT molecular complexity index is 395. The molecule has 1 atom stereocenters. The molecule has 1 heterocycles. The lowest BCUT2D eigenvalue weighted by Crippen LogP contribution is -2.33. The average Bonchev–Trinajstić information content (AvgIpc) is 2.66. The first kappa shape index (κ1) is 10.8. The minimum Gasteiger partial charge on any atom is -0.494 e. The molecule has 0 saturated carbocycles. The van der Waals surface area contributed by atoms with E-state index in [9.17, 15) is 5.21 Å². The van der Waals surface area contributed by atoms with Crippen LogP contribution in [0.1, 0.15) is 0 Å². The van der Waals surface area contributed by atoms with Gasteiger partial charge in [-0.25, -0.2) is 0 Å². The van der Waals surface area contributed by atoms with Gasteiger partial charge in [-0.3, -0.25) is 5.21 Å². The van der Waals surface area contributed by atoms with Crippen LogP contribution in [0.2, 0.25) is 0 Å². The molecule has 0 bridgehead atoms. The van der Waals surface area contributed by atoms with Gasteiger partial charge in [-0.2, -0.15) is 5.06 Å². The van der Waals surface area contributed by atoms with Crippen LogP contribution < -0.4 is 19.3 Å². The van der Waals surface area contributed by atoms with Gasteiger partial charge in [-0.1, -0.05) is 0 Å². The topological polar surface area (TPSA) is 60.4 Å². The molecule has 16 heavy (non-hydrogen) atoms. The number of benzene rings is 1. The second-order valence-electron chi connectivity index (χ2n) is 3.15. The summed E-state index contributed by atoms with van der Waals surface area (Å²) in [7, 11) is 4.46. The number of rotatable bonds is 3. The van der Waals surface area contributed by atoms with Gasteiger partial charge in [0, 0.05) is 7.11 Å². The SMILES string of the molecule is COc1ccc(OC)c2c1OC(OC)N2O. The molecule has 1 N–H and O–H groups in total. The highest BCUT2D eigenvalue weighted by molar-refractivity contribution is 5.73. The molecule has 0 saturated heterocycles. The zero-order chi connectivity index (χ0) is 11.7. The molecule has 1 aliphatic rings. The molecule has 0 spiro atoms. The quantitative estimate of drug-likeness (QED) is 0.837. The molecular formula is C10H13NO5. The molecule has 0 radical (unpaired) electrons. The second kappa shape index (κ2) is 4.07. The van der Waals surface area contributed by atoms with Crippen LogP contribution in [-0.4, -0.2) is 33.0 Å². The molecule has 0 aliphatic carbocycles. The minimum absolute atomic E-state index is 0.397. The maximum absolute atomic E-state index is 9.82. The third-order valence-electron chi connectivity index (χ3n) is 2.35. The van der Waals surface area contributed by atoms with Gasteiger partial charge in [0.15, 0.2) is 17.2 Å². The first-order valence-electron chi connectivity index (χ1n) is 4.65. The van der Waals surface area contributed by atoms with Gasteiger partial charge in [-0.05, 0) is 12.1 Å². The van der Waals surface area contributed by atoms with Crippen LogP contribution in [0.15, 0.2) is 12.1 Å². The van der Waals surface area contributed by atoms with Crippen molar-refractivity contribution in [2.24, 2.45) is 0 Å². The molecule has 1 unspecified atom stereocenters. The van der Waals surface area contributed by atoms with Crippen molar-refractivity contribution in [2.45, 2.75) is 6.41 Å². The van der Waals surface area contributed by atoms with Gasteiger partial charge in [0.05, 0.1) is 14.2 Å². The molecule has 1 aromatic carbocycles. The summed E-state index contributed by atoms with van der Waals surface area (Å²) >= 11 is 0. The Morgan fingerprint density at radius 2 is 1.81 bits per heavy atom. The first-order valence-corrected chi connectivity index (χ1v) is 4.65. The van der Waals surface area contributed by atoms with Crippen LogP contribution >= 0.6 is 0 Å². The minimum atomic E-state index is -0.889. The first-order chi connectivity index (χ1) is 7.72. The fourth-order valence-electron chi connectivity index (χ4n) is 1.59. The molecule has 6 nitrogen and oxygen atoms in total. The van der Waals surface area contributed by atoms with E-state index in [1.54, 1.807) is 12.1 Å². The van der Waals surface area contributed by atoms with Crippen molar-refractivity contribution in [3.8, 4) is 17.2 Å². The third-order valence-corrected chi connectivity index (χ3v) is 2.35. The van der Waals surface area contributed by atoms with Crippen LogP contribution in [0.3, 0.4) is 0 Å². The normalized spacial score (nSPS) is 18.0. The maximum atomic E-state index is 9.82. The molecule has 2 rings (SSSR count). The Hall–Kier alpha value is -1.66. The number of methoxy groups -OCH3 is 3. The number of hydrogen-bond acceptors (Lipinski definition) is 6. The summed E-state index contributed by atoms with van der Waals surface area (Å²) in [5.74, 6) is 1.39. The lowest BCUT2D eigenvalue weighted by Gasteiger charge is -2.16. The Balaban J connectivity index is 2.51. The Morgan fingerprint density at radius 3 is 2.38 bits per heavy atom. The summed E-state index contributed by atoms with van der Waals surface area (Å²) in [6.45, 7) is 0. The van der Waals surface area contributed by atoms with E-state index in [2.05, 4.69) is 0 Å². The molecule has 0 amide bonds. The van der Waals surface area contributed by atoms with E-state index >= 15 is 0 Å². The van der Waals surface area contributed by atoms with Gasteiger partial charge in [0.2, 0.25) is 0 Å². The predicted molar refractivity (Wildman–Crippen MR) is 55.2 cm³/mol. The highest BCUT2D eigenvalue weighted by Gasteiger charge is 2.35. The summed E-state index contributed by atoms with van der Waals surface area (Å²) in [5, 5.41) is 10.7. The van der Waals surface area contributed by atoms with E-state index in [-0.39, 0.29) is 0 Å². The standard InChI is InChI=1S/C10H13NO5/c1-13-6-4-5-7(14-2)9-8(6)11(12)10(15-3)16-9/h4-5,10,12H,1-3H3. The summed E-state index contributed by atoms with van der Waals surface area (Å²) in [6.07, 6.45) is -0.889. The number of anilines is 1. The second-order valence-corrected chi connectivity index (χ2v) is 3.15. The molecule has 1 aliphatic heterocycles. The third kappa shape index (κ3) is 1.43. The fourth-order valence-corrected chi connectivity index (χ4v) is 1.59. The number of fused-ring (bicyclic) bond motifs is 1. The average molecular weight is 227 g/mol. The lowest BCUT2D eigenvalue weighted by molar-refractivity contribution is -0.0844. The van der Waals surface area contributed by atoms with Crippen LogP contribution in [0.4, 0.5) is 5.69 Å². The van der Waals surface area contributed by atoms with Crippen LogP contribution in [-0.2, 0) is 4.74 Å². The number of hydroxylamine groups is 1. The van der Waals surface area contributed by atoms with Gasteiger partial charge in [-0.15, -0.1) is 0 Å². The molecule has 1 aromatic rings. The number of ether oxygens (including phenoxy) is 4. The van der Waals surface area contributed by atoms with E-state index < -0.39 is 6.41 Å². The van der Waals surface area contributed by atoms with Gasteiger partial charge in [0.25, 0.3) is 0 Å². The summed E-state index contributed by atoms with van der Waals surface area (Å²) in [4.78, 5) is 0. The smallest absolute Gasteiger partial charge is 0.306 e. The monoisotopic (exact) mass is 227 g/mol. The van der Waals surface area contributed by atoms with E-state index in [1.807, 2.05) is 0 Å². The van der Waals surface area contributed by atoms with Crippen molar-refractivity contribution in [3.63, 3.8) is 0 Å². The van der Waals surface area contributed by atoms with Crippen molar-refractivity contribution < 1.29 is 24.2 Å². The van der Waals surface area contributed by atoms with E-state index in [1.165, 1.54) is 21.3 Å². The van der Waals surface area contributed by atoms with Gasteiger partial charge < -0.3 is 18.9 Å². The van der Waals surface area contributed by atoms with E-state index in [0.717, 1.165) is 5.06 Å². The molecule has 88 valence electrons. The Morgan fingerprint density at radius 1 is 1.19 bits per heavy atom. The zero-order valence-corrected chi connectivity index (χ0v) is 9.26. The largest absolute Gasteiger partial charge is 0.494 e. The summed E-state index contributed by atoms with van der Waals surface area (Å²) in [6, 6.07) is 3.38. The van der Waals surface area contributed by atoms with Crippen LogP contribution in [0.25, 0.3) is 0 Å². The zero-order valence-electron chi connectivity index (χ0n) is 9.26. The van der Waals surface area contributed by atoms with Crippen molar-refractivity contribution in [3.05, 3.63) is 12.1 Å².